The molecule has 0 aliphatic carbocycles. The number of primary amides is 1. The molecule has 0 atom stereocenters. The van der Waals surface area contributed by atoms with Gasteiger partial charge in [-0.15, -0.1) is 11.3 Å². The van der Waals surface area contributed by atoms with Gasteiger partial charge in [-0.2, -0.15) is 8.78 Å². The number of benzene rings is 2. The molecule has 2 heterocycles. The lowest BCUT2D eigenvalue weighted by atomic mass is 10.1. The van der Waals surface area contributed by atoms with Crippen LogP contribution in [-0.2, 0) is 16.8 Å². The Morgan fingerprint density at radius 2 is 1.88 bits per heavy atom. The predicted molar refractivity (Wildman–Crippen MR) is 128 cm³/mol. The van der Waals surface area contributed by atoms with Gasteiger partial charge in [0.1, 0.15) is 17.2 Å². The SMILES string of the molecule is NC(=O)c1cc(OCc2ccc(-c3cccnc3)cc2)c2sc(C(F)(F)P(=O)(O)O)c(Br)c2c1. The minimum absolute atomic E-state index is 0.000952. The first-order valence-electron chi connectivity index (χ1n) is 9.61. The highest BCUT2D eigenvalue weighted by Crippen LogP contribution is 2.63. The Labute approximate surface area is 204 Å². The van der Waals surface area contributed by atoms with Gasteiger partial charge in [-0.3, -0.25) is 14.3 Å². The molecule has 0 saturated carbocycles. The number of hydrogen-bond donors (Lipinski definition) is 3. The topological polar surface area (TPSA) is 123 Å². The van der Waals surface area contributed by atoms with Gasteiger partial charge in [0.15, 0.2) is 0 Å². The Bertz CT molecular complexity index is 1430. The zero-order chi connectivity index (χ0) is 24.7. The fourth-order valence-electron chi connectivity index (χ4n) is 3.20. The van der Waals surface area contributed by atoms with Crippen LogP contribution in [0.2, 0.25) is 0 Å². The number of rotatable bonds is 7. The summed E-state index contributed by atoms with van der Waals surface area (Å²) in [6.07, 6.45) is 3.41. The number of nitrogens with zero attached hydrogens (tertiary/aromatic N) is 1. The number of ether oxygens (including phenoxy) is 1. The number of amides is 1. The van der Waals surface area contributed by atoms with E-state index in [-0.39, 0.29) is 32.5 Å². The van der Waals surface area contributed by atoms with E-state index in [0.29, 0.717) is 11.3 Å². The summed E-state index contributed by atoms with van der Waals surface area (Å²) in [6.45, 7) is 0.0460. The Kier molecular flexibility index (Phi) is 6.58. The molecule has 1 amide bonds. The number of hydrogen-bond acceptors (Lipinski definition) is 5. The Balaban J connectivity index is 1.70. The lowest BCUT2D eigenvalue weighted by molar-refractivity contribution is 0.0595. The second-order valence-electron chi connectivity index (χ2n) is 7.27. The third-order valence-electron chi connectivity index (χ3n) is 4.96. The van der Waals surface area contributed by atoms with E-state index in [1.807, 2.05) is 36.4 Å². The van der Waals surface area contributed by atoms with Gasteiger partial charge in [-0.1, -0.05) is 30.3 Å². The van der Waals surface area contributed by atoms with Crippen LogP contribution in [-0.4, -0.2) is 20.7 Å². The summed E-state index contributed by atoms with van der Waals surface area (Å²) in [4.78, 5) is 33.3. The van der Waals surface area contributed by atoms with Crippen molar-refractivity contribution in [3.8, 4) is 16.9 Å². The lowest BCUT2D eigenvalue weighted by Gasteiger charge is -2.16. The van der Waals surface area contributed by atoms with Crippen molar-refractivity contribution < 1.29 is 32.7 Å². The number of alkyl halides is 2. The van der Waals surface area contributed by atoms with Crippen LogP contribution in [0.1, 0.15) is 20.8 Å². The van der Waals surface area contributed by atoms with Crippen LogP contribution in [0, 0.1) is 0 Å². The number of halogens is 3. The van der Waals surface area contributed by atoms with Crippen molar-refractivity contribution in [3.05, 3.63) is 81.4 Å². The summed E-state index contributed by atoms with van der Waals surface area (Å²) in [6, 6.07) is 13.8. The van der Waals surface area contributed by atoms with E-state index in [0.717, 1.165) is 16.7 Å². The van der Waals surface area contributed by atoms with Crippen molar-refractivity contribution in [1.82, 2.24) is 4.98 Å². The maximum atomic E-state index is 14.5. The molecule has 0 aliphatic heterocycles. The van der Waals surface area contributed by atoms with Crippen LogP contribution < -0.4 is 10.5 Å². The van der Waals surface area contributed by atoms with Gasteiger partial charge in [-0.05, 0) is 50.8 Å². The molecule has 0 bridgehead atoms. The molecule has 7 nitrogen and oxygen atoms in total. The normalized spacial score (nSPS) is 12.1. The van der Waals surface area contributed by atoms with Crippen molar-refractivity contribution in [2.45, 2.75) is 12.3 Å². The quantitative estimate of drug-likeness (QED) is 0.248. The minimum Gasteiger partial charge on any atom is -0.487 e. The molecule has 0 spiro atoms. The number of pyridine rings is 1. The molecule has 2 aromatic heterocycles. The average Bonchev–Trinajstić information content (AvgIpc) is 3.15. The van der Waals surface area contributed by atoms with Gasteiger partial charge in [0.05, 0.1) is 4.70 Å². The number of carbonyl (C=O) groups is 1. The summed E-state index contributed by atoms with van der Waals surface area (Å²) in [7, 11) is -5.80. The first-order chi connectivity index (χ1) is 16.0. The second-order valence-corrected chi connectivity index (χ2v) is 10.7. The third kappa shape index (κ3) is 4.62. The Morgan fingerprint density at radius 3 is 2.47 bits per heavy atom. The number of carbonyl (C=O) groups excluding carboxylic acids is 1. The van der Waals surface area contributed by atoms with Crippen molar-refractivity contribution >= 4 is 50.9 Å². The molecule has 12 heteroatoms. The van der Waals surface area contributed by atoms with Gasteiger partial charge in [0.25, 0.3) is 0 Å². The molecule has 4 N–H and O–H groups in total. The molecular weight excluding hydrogens is 553 g/mol. The first kappa shape index (κ1) is 24.4. The van der Waals surface area contributed by atoms with Gasteiger partial charge >= 0.3 is 13.3 Å². The van der Waals surface area contributed by atoms with E-state index in [1.165, 1.54) is 12.1 Å². The molecule has 0 unspecified atom stereocenters. The van der Waals surface area contributed by atoms with Crippen LogP contribution in [0.3, 0.4) is 0 Å². The van der Waals surface area contributed by atoms with Crippen molar-refractivity contribution in [2.24, 2.45) is 5.73 Å². The van der Waals surface area contributed by atoms with E-state index >= 15 is 0 Å². The molecule has 34 heavy (non-hydrogen) atoms. The van der Waals surface area contributed by atoms with E-state index in [1.54, 1.807) is 12.4 Å². The minimum atomic E-state index is -5.80. The van der Waals surface area contributed by atoms with E-state index < -0.39 is 24.0 Å². The molecule has 0 saturated heterocycles. The second kappa shape index (κ2) is 9.16. The number of aromatic nitrogens is 1. The van der Waals surface area contributed by atoms with E-state index in [2.05, 4.69) is 20.9 Å². The van der Waals surface area contributed by atoms with Gasteiger partial charge in [0, 0.05) is 27.8 Å². The summed E-state index contributed by atoms with van der Waals surface area (Å²) in [5, 5.41) is 0.131. The number of nitrogens with two attached hydrogens (primary N) is 1. The van der Waals surface area contributed by atoms with Crippen LogP contribution in [0.4, 0.5) is 8.78 Å². The van der Waals surface area contributed by atoms with E-state index in [4.69, 9.17) is 20.3 Å². The highest BCUT2D eigenvalue weighted by molar-refractivity contribution is 9.10. The standard InChI is InChI=1S/C22H16BrF2N2O5PS/c23-18-16-8-15(21(26)28)9-17(19(16)34-20(18)22(24,25)33(29,30)31)32-11-12-3-5-13(6-4-12)14-2-1-7-27-10-14/h1-10H,11H2,(H2,26,28)(H2,29,30,31). The molecule has 0 aliphatic rings. The maximum absolute atomic E-state index is 14.5. The summed E-state index contributed by atoms with van der Waals surface area (Å²) in [5.74, 6) is -0.727. The highest BCUT2D eigenvalue weighted by atomic mass is 79.9. The smallest absolute Gasteiger partial charge is 0.400 e. The van der Waals surface area contributed by atoms with E-state index in [9.17, 15) is 18.1 Å². The zero-order valence-corrected chi connectivity index (χ0v) is 20.4. The molecular formula is C22H16BrF2N2O5PS. The first-order valence-corrected chi connectivity index (χ1v) is 12.8. The molecule has 0 radical (unpaired) electrons. The third-order valence-corrected chi connectivity index (χ3v) is 8.44. The summed E-state index contributed by atoms with van der Waals surface area (Å²) < 4.78 is 46.1. The zero-order valence-electron chi connectivity index (χ0n) is 17.1. The van der Waals surface area contributed by atoms with Gasteiger partial charge in [0.2, 0.25) is 5.91 Å². The molecule has 2 aromatic carbocycles. The van der Waals surface area contributed by atoms with Gasteiger partial charge in [-0.25, -0.2) is 0 Å². The maximum Gasteiger partial charge on any atom is 0.400 e. The van der Waals surface area contributed by atoms with Crippen LogP contribution in [0.15, 0.2) is 65.4 Å². The van der Waals surface area contributed by atoms with Crippen molar-refractivity contribution in [2.75, 3.05) is 0 Å². The fourth-order valence-corrected chi connectivity index (χ4v) is 6.18. The fraction of sp³-hybridized carbons (Fsp3) is 0.0909. The molecule has 4 aromatic rings. The lowest BCUT2D eigenvalue weighted by Crippen LogP contribution is -2.12. The van der Waals surface area contributed by atoms with Crippen LogP contribution in [0.5, 0.6) is 5.75 Å². The molecule has 176 valence electrons. The number of thiophene rings is 1. The van der Waals surface area contributed by atoms with Gasteiger partial charge < -0.3 is 20.3 Å². The average molecular weight is 569 g/mol. The summed E-state index contributed by atoms with van der Waals surface area (Å²) >= 11 is 3.46. The largest absolute Gasteiger partial charge is 0.487 e. The Hall–Kier alpha value is -2.69. The molecule has 0 fully saturated rings. The summed E-state index contributed by atoms with van der Waals surface area (Å²) in [5.41, 5.74) is 3.60. The van der Waals surface area contributed by atoms with Crippen molar-refractivity contribution in [3.63, 3.8) is 0 Å². The molecule has 4 rings (SSSR count). The van der Waals surface area contributed by atoms with Crippen LogP contribution in [0.25, 0.3) is 21.2 Å². The Morgan fingerprint density at radius 1 is 1.18 bits per heavy atom. The van der Waals surface area contributed by atoms with Crippen molar-refractivity contribution in [1.29, 1.82) is 0 Å². The predicted octanol–water partition coefficient (Wildman–Crippen LogP) is 5.63. The number of fused-ring (bicyclic) bond motifs is 1. The van der Waals surface area contributed by atoms with Crippen LogP contribution >= 0.6 is 34.9 Å². The monoisotopic (exact) mass is 568 g/mol. The highest BCUT2D eigenvalue weighted by Gasteiger charge is 2.53.